The van der Waals surface area contributed by atoms with E-state index >= 15 is 0 Å². The molecule has 9 heteroatoms. The molecule has 0 fully saturated rings. The molecular weight excluding hydrogens is 394 g/mol. The van der Waals surface area contributed by atoms with E-state index in [0.29, 0.717) is 34.2 Å². The highest BCUT2D eigenvalue weighted by Crippen LogP contribution is 2.25. The van der Waals surface area contributed by atoms with E-state index in [1.807, 2.05) is 54.3 Å². The van der Waals surface area contributed by atoms with Gasteiger partial charge in [-0.25, -0.2) is 4.63 Å². The van der Waals surface area contributed by atoms with Gasteiger partial charge in [-0.15, -0.1) is 22.0 Å². The van der Waals surface area contributed by atoms with Crippen molar-refractivity contribution in [1.82, 2.24) is 25.1 Å². The van der Waals surface area contributed by atoms with Crippen LogP contribution in [0, 0.1) is 0 Å². The second kappa shape index (κ2) is 8.15. The molecule has 0 amide bonds. The Morgan fingerprint density at radius 1 is 1.11 bits per heavy atom. The summed E-state index contributed by atoms with van der Waals surface area (Å²) < 4.78 is 6.61. The largest absolute Gasteiger partial charge is 0.305 e. The number of hydrogen-bond donors (Lipinski definition) is 0. The van der Waals surface area contributed by atoms with E-state index in [1.165, 1.54) is 11.8 Å². The first-order valence-corrected chi connectivity index (χ1v) is 10.7. The van der Waals surface area contributed by atoms with E-state index in [2.05, 4.69) is 26.6 Å². The van der Waals surface area contributed by atoms with Gasteiger partial charge in [0.1, 0.15) is 16.8 Å². The van der Waals surface area contributed by atoms with E-state index in [0.717, 1.165) is 16.0 Å². The maximum atomic E-state index is 12.4. The number of carbonyl (C=O) groups excluding carboxylic acids is 1. The van der Waals surface area contributed by atoms with Gasteiger partial charge in [0.2, 0.25) is 0 Å². The van der Waals surface area contributed by atoms with E-state index < -0.39 is 0 Å². The van der Waals surface area contributed by atoms with Crippen LogP contribution in [0.3, 0.4) is 0 Å². The molecule has 142 valence electrons. The normalized spacial score (nSPS) is 11.2. The molecule has 0 spiro atoms. The quantitative estimate of drug-likeness (QED) is 0.426. The van der Waals surface area contributed by atoms with Gasteiger partial charge in [0.05, 0.1) is 5.75 Å². The zero-order valence-electron chi connectivity index (χ0n) is 15.3. The number of Topliss-reactive ketones (excluding diaryl/α,β-unsaturated/α-hetero) is 1. The van der Waals surface area contributed by atoms with Crippen molar-refractivity contribution in [3.8, 4) is 11.4 Å². The van der Waals surface area contributed by atoms with Gasteiger partial charge in [-0.3, -0.25) is 4.79 Å². The predicted octanol–water partition coefficient (Wildman–Crippen LogP) is 3.64. The fourth-order valence-electron chi connectivity index (χ4n) is 2.82. The molecule has 4 aromatic rings. The van der Waals surface area contributed by atoms with Crippen LogP contribution in [-0.2, 0) is 18.3 Å². The van der Waals surface area contributed by atoms with E-state index in [9.17, 15) is 4.79 Å². The van der Waals surface area contributed by atoms with Crippen LogP contribution in [0.5, 0.6) is 0 Å². The third kappa shape index (κ3) is 3.95. The highest BCUT2D eigenvalue weighted by Gasteiger charge is 2.14. The number of aromatic nitrogens is 5. The van der Waals surface area contributed by atoms with Crippen molar-refractivity contribution in [3.05, 3.63) is 48.0 Å². The second-order valence-corrected chi connectivity index (χ2v) is 8.01. The van der Waals surface area contributed by atoms with Crippen LogP contribution in [0.15, 0.2) is 57.1 Å². The summed E-state index contributed by atoms with van der Waals surface area (Å²) in [5, 5.41) is 16.8. The highest BCUT2D eigenvalue weighted by molar-refractivity contribution is 7.99. The Morgan fingerprint density at radius 3 is 2.82 bits per heavy atom. The smallest absolute Gasteiger partial charge is 0.191 e. The molecule has 0 aliphatic heterocycles. The average Bonchev–Trinajstić information content (AvgIpc) is 3.32. The first-order valence-electron chi connectivity index (χ1n) is 8.53. The van der Waals surface area contributed by atoms with Crippen molar-refractivity contribution in [2.45, 2.75) is 16.5 Å². The minimum Gasteiger partial charge on any atom is -0.305 e. The number of fused-ring (bicyclic) bond motifs is 1. The van der Waals surface area contributed by atoms with Crippen LogP contribution in [0.25, 0.3) is 22.4 Å². The first-order chi connectivity index (χ1) is 13.6. The van der Waals surface area contributed by atoms with Crippen LogP contribution in [-0.4, -0.2) is 42.9 Å². The minimum atomic E-state index is 0.155. The number of thioether (sulfide) groups is 2. The number of hydrogen-bond acceptors (Lipinski definition) is 8. The molecular formula is C19H17N5O2S2. The van der Waals surface area contributed by atoms with Gasteiger partial charge in [0, 0.05) is 23.9 Å². The number of carbonyl (C=O) groups is 1. The minimum absolute atomic E-state index is 0.155. The Morgan fingerprint density at radius 2 is 1.96 bits per heavy atom. The molecule has 2 aromatic carbocycles. The van der Waals surface area contributed by atoms with Gasteiger partial charge in [-0.1, -0.05) is 23.9 Å². The fourth-order valence-corrected chi connectivity index (χ4v) is 4.07. The maximum absolute atomic E-state index is 12.4. The van der Waals surface area contributed by atoms with Crippen molar-refractivity contribution in [3.63, 3.8) is 0 Å². The lowest BCUT2D eigenvalue weighted by atomic mass is 10.1. The Bertz CT molecular complexity index is 1140. The fraction of sp³-hybridized carbons (Fsp3) is 0.211. The van der Waals surface area contributed by atoms with Crippen molar-refractivity contribution >= 4 is 40.3 Å². The Labute approximate surface area is 169 Å². The lowest BCUT2D eigenvalue weighted by Gasteiger charge is -2.05. The Balaban J connectivity index is 1.43. The SMILES string of the molecule is CSc1cccc(CC(=O)CSc2nnc(-c3ccc4nonc4c3)n2C)c1. The molecule has 0 saturated heterocycles. The molecule has 28 heavy (non-hydrogen) atoms. The molecule has 2 heterocycles. The summed E-state index contributed by atoms with van der Waals surface area (Å²) >= 11 is 3.06. The highest BCUT2D eigenvalue weighted by atomic mass is 32.2. The molecule has 4 rings (SSSR count). The van der Waals surface area contributed by atoms with E-state index in [1.54, 1.807) is 11.8 Å². The molecule has 0 radical (unpaired) electrons. The standard InChI is InChI=1S/C19H17N5O2S2/c1-24-18(13-6-7-16-17(10-13)23-26-22-16)20-21-19(24)28-11-14(25)8-12-4-3-5-15(9-12)27-2/h3-7,9-10H,8,11H2,1-2H3. The summed E-state index contributed by atoms with van der Waals surface area (Å²) in [5.41, 5.74) is 3.25. The number of rotatable bonds is 7. The Hall–Kier alpha value is -2.65. The summed E-state index contributed by atoms with van der Waals surface area (Å²) in [4.78, 5) is 13.5. The lowest BCUT2D eigenvalue weighted by molar-refractivity contribution is -0.116. The monoisotopic (exact) mass is 411 g/mol. The van der Waals surface area contributed by atoms with Gasteiger partial charge in [-0.05, 0) is 52.5 Å². The summed E-state index contributed by atoms with van der Waals surface area (Å²) in [7, 11) is 1.88. The number of ketones is 1. The molecule has 2 aromatic heterocycles. The summed E-state index contributed by atoms with van der Waals surface area (Å²) in [6, 6.07) is 13.6. The summed E-state index contributed by atoms with van der Waals surface area (Å²) in [5.74, 6) is 1.21. The lowest BCUT2D eigenvalue weighted by Crippen LogP contribution is -2.07. The van der Waals surface area contributed by atoms with Gasteiger partial charge >= 0.3 is 0 Å². The molecule has 0 N–H and O–H groups in total. The van der Waals surface area contributed by atoms with E-state index in [4.69, 9.17) is 4.63 Å². The number of nitrogens with zero attached hydrogens (tertiary/aromatic N) is 5. The molecule has 0 aliphatic carbocycles. The molecule has 7 nitrogen and oxygen atoms in total. The topological polar surface area (TPSA) is 86.7 Å². The molecule has 0 aliphatic rings. The molecule has 0 saturated carbocycles. The molecule has 0 bridgehead atoms. The van der Waals surface area contributed by atoms with Crippen LogP contribution >= 0.6 is 23.5 Å². The van der Waals surface area contributed by atoms with Crippen LogP contribution in [0.2, 0.25) is 0 Å². The summed E-state index contributed by atoms with van der Waals surface area (Å²) in [6.45, 7) is 0. The van der Waals surface area contributed by atoms with E-state index in [-0.39, 0.29) is 5.78 Å². The van der Waals surface area contributed by atoms with Crippen LogP contribution in [0.4, 0.5) is 0 Å². The predicted molar refractivity (Wildman–Crippen MR) is 109 cm³/mol. The van der Waals surface area contributed by atoms with Gasteiger partial charge in [0.25, 0.3) is 0 Å². The van der Waals surface area contributed by atoms with Crippen molar-refractivity contribution < 1.29 is 9.42 Å². The third-order valence-electron chi connectivity index (χ3n) is 4.24. The van der Waals surface area contributed by atoms with Crippen LogP contribution in [0.1, 0.15) is 5.56 Å². The van der Waals surface area contributed by atoms with Crippen molar-refractivity contribution in [2.24, 2.45) is 7.05 Å². The number of benzene rings is 2. The van der Waals surface area contributed by atoms with Gasteiger partial charge < -0.3 is 4.57 Å². The molecule has 0 unspecified atom stereocenters. The van der Waals surface area contributed by atoms with Gasteiger partial charge in [0.15, 0.2) is 11.0 Å². The zero-order chi connectivity index (χ0) is 19.5. The molecule has 0 atom stereocenters. The van der Waals surface area contributed by atoms with Crippen molar-refractivity contribution in [2.75, 3.05) is 12.0 Å². The van der Waals surface area contributed by atoms with Crippen molar-refractivity contribution in [1.29, 1.82) is 0 Å². The first kappa shape index (κ1) is 18.7. The average molecular weight is 412 g/mol. The van der Waals surface area contributed by atoms with Gasteiger partial charge in [-0.2, -0.15) is 0 Å². The van der Waals surface area contributed by atoms with Crippen LogP contribution < -0.4 is 0 Å². The maximum Gasteiger partial charge on any atom is 0.191 e. The summed E-state index contributed by atoms with van der Waals surface area (Å²) in [6.07, 6.45) is 2.45. The third-order valence-corrected chi connectivity index (χ3v) is 6.05. The zero-order valence-corrected chi connectivity index (χ0v) is 17.0. The Kier molecular flexibility index (Phi) is 5.45. The second-order valence-electron chi connectivity index (χ2n) is 6.19.